The van der Waals surface area contributed by atoms with E-state index < -0.39 is 0 Å². The van der Waals surface area contributed by atoms with Gasteiger partial charge in [0.1, 0.15) is 11.5 Å². The van der Waals surface area contributed by atoms with E-state index in [0.717, 1.165) is 37.2 Å². The van der Waals surface area contributed by atoms with E-state index in [9.17, 15) is 4.79 Å². The van der Waals surface area contributed by atoms with E-state index in [0.29, 0.717) is 24.2 Å². The van der Waals surface area contributed by atoms with Crippen LogP contribution in [0.3, 0.4) is 0 Å². The first-order valence-electron chi connectivity index (χ1n) is 6.94. The summed E-state index contributed by atoms with van der Waals surface area (Å²) in [6.07, 6.45) is 2.81. The molecule has 3 nitrogen and oxygen atoms in total. The van der Waals surface area contributed by atoms with E-state index >= 15 is 0 Å². The summed E-state index contributed by atoms with van der Waals surface area (Å²) < 4.78 is 10.8. The lowest BCUT2D eigenvalue weighted by molar-refractivity contribution is -0.131. The van der Waals surface area contributed by atoms with Crippen molar-refractivity contribution in [3.63, 3.8) is 0 Å². The van der Waals surface area contributed by atoms with Crippen LogP contribution < -0.4 is 4.74 Å². The SMILES string of the molecule is COc1ccc(COCC[C@H](C)[C@H]2CCC2=O)cc1. The van der Waals surface area contributed by atoms with E-state index in [1.165, 1.54) is 0 Å². The lowest BCUT2D eigenvalue weighted by atomic mass is 9.74. The minimum atomic E-state index is 0.296. The Labute approximate surface area is 114 Å². The third-order valence-corrected chi connectivity index (χ3v) is 3.95. The van der Waals surface area contributed by atoms with Crippen molar-refractivity contribution in [2.75, 3.05) is 13.7 Å². The average Bonchev–Trinajstić information content (AvgIpc) is 2.42. The molecule has 3 heteroatoms. The standard InChI is InChI=1S/C16H22O3/c1-12(15-7-8-16(15)17)9-10-19-11-13-3-5-14(18-2)6-4-13/h3-6,12,15H,7-11H2,1-2H3/t12-,15+/m0/s1. The number of methoxy groups -OCH3 is 1. The van der Waals surface area contributed by atoms with Gasteiger partial charge in [-0.2, -0.15) is 0 Å². The Balaban J connectivity index is 1.64. The molecule has 1 aromatic carbocycles. The molecule has 2 atom stereocenters. The molecule has 0 spiro atoms. The first-order chi connectivity index (χ1) is 9.20. The number of carbonyl (C=O) groups excluding carboxylic acids is 1. The van der Waals surface area contributed by atoms with Gasteiger partial charge < -0.3 is 9.47 Å². The van der Waals surface area contributed by atoms with Crippen molar-refractivity contribution >= 4 is 5.78 Å². The van der Waals surface area contributed by atoms with Gasteiger partial charge in [0.15, 0.2) is 0 Å². The van der Waals surface area contributed by atoms with Crippen LogP contribution in [-0.4, -0.2) is 19.5 Å². The van der Waals surface area contributed by atoms with Gasteiger partial charge >= 0.3 is 0 Å². The molecular weight excluding hydrogens is 240 g/mol. The summed E-state index contributed by atoms with van der Waals surface area (Å²) in [5.41, 5.74) is 1.15. The number of hydrogen-bond donors (Lipinski definition) is 0. The fourth-order valence-corrected chi connectivity index (χ4v) is 2.41. The maximum Gasteiger partial charge on any atom is 0.136 e. The van der Waals surface area contributed by atoms with Gasteiger partial charge in [0.2, 0.25) is 0 Å². The third kappa shape index (κ3) is 3.80. The zero-order chi connectivity index (χ0) is 13.7. The lowest BCUT2D eigenvalue weighted by Gasteiger charge is -2.29. The van der Waals surface area contributed by atoms with E-state index in [-0.39, 0.29) is 0 Å². The van der Waals surface area contributed by atoms with Gasteiger partial charge in [-0.1, -0.05) is 19.1 Å². The highest BCUT2D eigenvalue weighted by atomic mass is 16.5. The first kappa shape index (κ1) is 14.1. The Kier molecular flexibility index (Phi) is 4.97. The van der Waals surface area contributed by atoms with Crippen molar-refractivity contribution in [3.05, 3.63) is 29.8 Å². The minimum Gasteiger partial charge on any atom is -0.497 e. The zero-order valence-electron chi connectivity index (χ0n) is 11.7. The quantitative estimate of drug-likeness (QED) is 0.708. The summed E-state index contributed by atoms with van der Waals surface area (Å²) >= 11 is 0. The van der Waals surface area contributed by atoms with Gasteiger partial charge in [-0.15, -0.1) is 0 Å². The molecule has 1 aliphatic carbocycles. The van der Waals surface area contributed by atoms with Crippen LogP contribution in [-0.2, 0) is 16.1 Å². The van der Waals surface area contributed by atoms with Crippen molar-refractivity contribution in [3.8, 4) is 5.75 Å². The van der Waals surface area contributed by atoms with Crippen LogP contribution in [0.2, 0.25) is 0 Å². The zero-order valence-corrected chi connectivity index (χ0v) is 11.7. The molecule has 0 bridgehead atoms. The topological polar surface area (TPSA) is 35.5 Å². The Morgan fingerprint density at radius 1 is 1.32 bits per heavy atom. The molecule has 2 rings (SSSR count). The summed E-state index contributed by atoms with van der Waals surface area (Å²) in [7, 11) is 1.66. The second-order valence-electron chi connectivity index (χ2n) is 5.28. The van der Waals surface area contributed by atoms with Crippen LogP contribution in [0.25, 0.3) is 0 Å². The van der Waals surface area contributed by atoms with Gasteiger partial charge in [0.25, 0.3) is 0 Å². The van der Waals surface area contributed by atoms with Gasteiger partial charge in [-0.05, 0) is 36.5 Å². The first-order valence-corrected chi connectivity index (χ1v) is 6.94. The van der Waals surface area contributed by atoms with E-state index in [2.05, 4.69) is 6.92 Å². The summed E-state index contributed by atoms with van der Waals surface area (Å²) in [5, 5.41) is 0. The highest BCUT2D eigenvalue weighted by molar-refractivity contribution is 5.86. The molecule has 0 aliphatic heterocycles. The van der Waals surface area contributed by atoms with Crippen molar-refractivity contribution in [2.45, 2.75) is 32.8 Å². The van der Waals surface area contributed by atoms with Crippen LogP contribution in [0.5, 0.6) is 5.75 Å². The molecule has 0 heterocycles. The fourth-order valence-electron chi connectivity index (χ4n) is 2.41. The Hall–Kier alpha value is -1.35. The van der Waals surface area contributed by atoms with Gasteiger partial charge in [-0.25, -0.2) is 0 Å². The third-order valence-electron chi connectivity index (χ3n) is 3.95. The monoisotopic (exact) mass is 262 g/mol. The molecule has 0 saturated heterocycles. The second-order valence-corrected chi connectivity index (χ2v) is 5.28. The normalized spacial score (nSPS) is 19.9. The molecule has 104 valence electrons. The predicted octanol–water partition coefficient (Wildman–Crippen LogP) is 3.22. The number of benzene rings is 1. The maximum atomic E-state index is 11.3. The van der Waals surface area contributed by atoms with Crippen LogP contribution in [0.15, 0.2) is 24.3 Å². The lowest BCUT2D eigenvalue weighted by Crippen LogP contribution is -2.31. The number of carbonyl (C=O) groups is 1. The van der Waals surface area contributed by atoms with Gasteiger partial charge in [-0.3, -0.25) is 4.79 Å². The summed E-state index contributed by atoms with van der Waals surface area (Å²) in [4.78, 5) is 11.3. The minimum absolute atomic E-state index is 0.296. The highest BCUT2D eigenvalue weighted by Gasteiger charge is 2.32. The molecule has 19 heavy (non-hydrogen) atoms. The number of hydrogen-bond acceptors (Lipinski definition) is 3. The van der Waals surface area contributed by atoms with Crippen LogP contribution in [0.4, 0.5) is 0 Å². The molecule has 1 fully saturated rings. The van der Waals surface area contributed by atoms with Crippen molar-refractivity contribution in [1.29, 1.82) is 0 Å². The molecule has 0 aromatic heterocycles. The molecule has 0 N–H and O–H groups in total. The Bertz CT molecular complexity index is 411. The van der Waals surface area contributed by atoms with Crippen molar-refractivity contribution < 1.29 is 14.3 Å². The number of ketones is 1. The summed E-state index contributed by atoms with van der Waals surface area (Å²) in [5.74, 6) is 2.05. The van der Waals surface area contributed by atoms with Crippen molar-refractivity contribution in [1.82, 2.24) is 0 Å². The van der Waals surface area contributed by atoms with Gasteiger partial charge in [0.05, 0.1) is 13.7 Å². The van der Waals surface area contributed by atoms with E-state index in [1.54, 1.807) is 7.11 Å². The Morgan fingerprint density at radius 3 is 2.58 bits per heavy atom. The summed E-state index contributed by atoms with van der Waals surface area (Å²) in [6, 6.07) is 7.90. The molecule has 0 radical (unpaired) electrons. The molecule has 0 amide bonds. The molecule has 1 saturated carbocycles. The second kappa shape index (κ2) is 6.71. The summed E-state index contributed by atoms with van der Waals surface area (Å²) in [6.45, 7) is 3.49. The van der Waals surface area contributed by atoms with Crippen LogP contribution in [0, 0.1) is 11.8 Å². The smallest absolute Gasteiger partial charge is 0.136 e. The predicted molar refractivity (Wildman–Crippen MR) is 74.2 cm³/mol. The molecule has 1 aromatic rings. The number of Topliss-reactive ketones (excluding diaryl/α,β-unsaturated/α-hetero) is 1. The average molecular weight is 262 g/mol. The van der Waals surface area contributed by atoms with Crippen LogP contribution in [0.1, 0.15) is 31.7 Å². The number of ether oxygens (including phenoxy) is 2. The maximum absolute atomic E-state index is 11.3. The van der Waals surface area contributed by atoms with E-state index in [4.69, 9.17) is 9.47 Å². The highest BCUT2D eigenvalue weighted by Crippen LogP contribution is 2.31. The van der Waals surface area contributed by atoms with E-state index in [1.807, 2.05) is 24.3 Å². The van der Waals surface area contributed by atoms with Crippen LogP contribution >= 0.6 is 0 Å². The van der Waals surface area contributed by atoms with Gasteiger partial charge in [0, 0.05) is 18.9 Å². The number of rotatable bonds is 7. The molecular formula is C16H22O3. The fraction of sp³-hybridized carbons (Fsp3) is 0.562. The molecule has 1 aliphatic rings. The van der Waals surface area contributed by atoms with Crippen molar-refractivity contribution in [2.24, 2.45) is 11.8 Å². The molecule has 0 unspecified atom stereocenters. The Morgan fingerprint density at radius 2 is 2.05 bits per heavy atom. The largest absolute Gasteiger partial charge is 0.497 e.